The Labute approximate surface area is 194 Å². The normalized spacial score (nSPS) is 11.8. The molecule has 0 amide bonds. The van der Waals surface area contributed by atoms with Crippen molar-refractivity contribution >= 4 is 11.9 Å². The van der Waals surface area contributed by atoms with E-state index in [1.807, 2.05) is 13.8 Å². The highest BCUT2D eigenvalue weighted by atomic mass is 16.5. The van der Waals surface area contributed by atoms with Gasteiger partial charge >= 0.3 is 11.9 Å². The molecule has 0 aliphatic carbocycles. The Morgan fingerprint density at radius 1 is 0.719 bits per heavy atom. The van der Waals surface area contributed by atoms with Crippen LogP contribution in [-0.2, 0) is 29.9 Å². The first-order valence-electron chi connectivity index (χ1n) is 11.6. The van der Waals surface area contributed by atoms with Crippen molar-refractivity contribution in [3.8, 4) is 11.5 Å². The number of methoxy groups -OCH3 is 2. The van der Waals surface area contributed by atoms with Gasteiger partial charge in [-0.05, 0) is 62.5 Å². The predicted octanol–water partition coefficient (Wildman–Crippen LogP) is 5.73. The van der Waals surface area contributed by atoms with Crippen molar-refractivity contribution in [2.24, 2.45) is 0 Å². The van der Waals surface area contributed by atoms with E-state index in [0.29, 0.717) is 26.1 Å². The van der Waals surface area contributed by atoms with Gasteiger partial charge in [-0.25, -0.2) is 0 Å². The van der Waals surface area contributed by atoms with E-state index in [4.69, 9.17) is 18.9 Å². The molecule has 0 heterocycles. The Morgan fingerprint density at radius 2 is 1.06 bits per heavy atom. The zero-order chi connectivity index (χ0) is 24.4. The second-order valence-electron chi connectivity index (χ2n) is 9.34. The summed E-state index contributed by atoms with van der Waals surface area (Å²) in [6.07, 6.45) is 3.91. The highest BCUT2D eigenvalue weighted by molar-refractivity contribution is 5.69. The Balaban J connectivity index is 3.08. The van der Waals surface area contributed by atoms with E-state index >= 15 is 0 Å². The van der Waals surface area contributed by atoms with Crippen LogP contribution in [-0.4, -0.2) is 39.4 Å². The van der Waals surface area contributed by atoms with Gasteiger partial charge in [-0.1, -0.05) is 27.7 Å². The highest BCUT2D eigenvalue weighted by Crippen LogP contribution is 2.44. The number of carbonyl (C=O) groups excluding carboxylic acids is 2. The van der Waals surface area contributed by atoms with E-state index in [-0.39, 0.29) is 22.8 Å². The largest absolute Gasteiger partial charge is 0.496 e. The van der Waals surface area contributed by atoms with Crippen LogP contribution < -0.4 is 9.47 Å². The quantitative estimate of drug-likeness (QED) is 0.337. The number of hydrogen-bond donors (Lipinski definition) is 0. The molecule has 0 N–H and O–H groups in total. The van der Waals surface area contributed by atoms with Gasteiger partial charge in [-0.2, -0.15) is 0 Å². The molecule has 182 valence electrons. The van der Waals surface area contributed by atoms with Crippen molar-refractivity contribution in [1.82, 2.24) is 0 Å². The van der Waals surface area contributed by atoms with Crippen molar-refractivity contribution in [2.45, 2.75) is 90.9 Å². The van der Waals surface area contributed by atoms with E-state index in [9.17, 15) is 9.59 Å². The van der Waals surface area contributed by atoms with Gasteiger partial charge in [-0.3, -0.25) is 9.59 Å². The Morgan fingerprint density at radius 3 is 1.34 bits per heavy atom. The summed E-state index contributed by atoms with van der Waals surface area (Å²) in [5, 5.41) is 0. The minimum atomic E-state index is -0.211. The summed E-state index contributed by atoms with van der Waals surface area (Å²) in [6.45, 7) is 13.1. The molecule has 0 radical (unpaired) electrons. The number of esters is 2. The Kier molecular flexibility index (Phi) is 11.0. The maximum atomic E-state index is 11.7. The molecule has 1 aromatic carbocycles. The topological polar surface area (TPSA) is 71.1 Å². The predicted molar refractivity (Wildman–Crippen MR) is 127 cm³/mol. The van der Waals surface area contributed by atoms with Crippen molar-refractivity contribution in [3.05, 3.63) is 23.3 Å². The number of benzene rings is 1. The average Bonchev–Trinajstić information content (AvgIpc) is 2.72. The molecular formula is C26H42O6. The number of carbonyl (C=O) groups is 2. The van der Waals surface area contributed by atoms with Crippen LogP contribution in [0, 0.1) is 0 Å². The molecular weight excluding hydrogens is 408 g/mol. The van der Waals surface area contributed by atoms with Crippen LogP contribution in [0.1, 0.15) is 91.2 Å². The summed E-state index contributed by atoms with van der Waals surface area (Å²) >= 11 is 0. The fraction of sp³-hybridized carbons (Fsp3) is 0.692. The summed E-state index contributed by atoms with van der Waals surface area (Å²) < 4.78 is 21.7. The third-order valence-corrected chi connectivity index (χ3v) is 5.96. The molecule has 6 heteroatoms. The molecule has 0 aromatic heterocycles. The second kappa shape index (κ2) is 12.7. The SMILES string of the molecule is CCOC(=O)CCCC(C)(C)c1cc(OC)c(C(C)(C)CCCC(=O)OCC)cc1OC. The van der Waals surface area contributed by atoms with E-state index in [1.165, 1.54) is 0 Å². The van der Waals surface area contributed by atoms with Gasteiger partial charge in [0.2, 0.25) is 0 Å². The fourth-order valence-corrected chi connectivity index (χ4v) is 4.04. The first-order valence-corrected chi connectivity index (χ1v) is 11.6. The van der Waals surface area contributed by atoms with E-state index in [2.05, 4.69) is 39.8 Å². The molecule has 1 rings (SSSR count). The van der Waals surface area contributed by atoms with Crippen molar-refractivity contribution < 1.29 is 28.5 Å². The molecule has 0 aliphatic rings. The van der Waals surface area contributed by atoms with Gasteiger partial charge in [-0.15, -0.1) is 0 Å². The molecule has 6 nitrogen and oxygen atoms in total. The molecule has 32 heavy (non-hydrogen) atoms. The maximum absolute atomic E-state index is 11.7. The highest BCUT2D eigenvalue weighted by Gasteiger charge is 2.31. The van der Waals surface area contributed by atoms with Crippen molar-refractivity contribution in [2.75, 3.05) is 27.4 Å². The molecule has 0 fully saturated rings. The lowest BCUT2D eigenvalue weighted by Gasteiger charge is -2.32. The van der Waals surface area contributed by atoms with Crippen LogP contribution in [0.15, 0.2) is 12.1 Å². The molecule has 1 aromatic rings. The molecule has 0 atom stereocenters. The summed E-state index contributed by atoms with van der Waals surface area (Å²) in [7, 11) is 3.36. The minimum Gasteiger partial charge on any atom is -0.496 e. The second-order valence-corrected chi connectivity index (χ2v) is 9.34. The van der Waals surface area contributed by atoms with Crippen LogP contribution in [0.5, 0.6) is 11.5 Å². The lowest BCUT2D eigenvalue weighted by Crippen LogP contribution is -2.22. The third-order valence-electron chi connectivity index (χ3n) is 5.96. The molecule has 0 unspecified atom stereocenters. The summed E-state index contributed by atoms with van der Waals surface area (Å²) in [5.41, 5.74) is 1.67. The lowest BCUT2D eigenvalue weighted by molar-refractivity contribution is -0.144. The van der Waals surface area contributed by atoms with Gasteiger partial charge in [0.1, 0.15) is 11.5 Å². The number of ether oxygens (including phenoxy) is 4. The van der Waals surface area contributed by atoms with Gasteiger partial charge in [0, 0.05) is 24.0 Å². The van der Waals surface area contributed by atoms with Crippen LogP contribution >= 0.6 is 0 Å². The molecule has 0 spiro atoms. The van der Waals surface area contributed by atoms with Gasteiger partial charge in [0.25, 0.3) is 0 Å². The molecule has 0 saturated heterocycles. The monoisotopic (exact) mass is 450 g/mol. The maximum Gasteiger partial charge on any atom is 0.305 e. The van der Waals surface area contributed by atoms with Crippen LogP contribution in [0.2, 0.25) is 0 Å². The minimum absolute atomic E-state index is 0.159. The fourth-order valence-electron chi connectivity index (χ4n) is 4.04. The zero-order valence-electron chi connectivity index (χ0n) is 21.3. The summed E-state index contributed by atoms with van der Waals surface area (Å²) in [6, 6.07) is 4.12. The third kappa shape index (κ3) is 8.03. The zero-order valence-corrected chi connectivity index (χ0v) is 21.3. The van der Waals surface area contributed by atoms with E-state index in [0.717, 1.165) is 48.3 Å². The number of rotatable bonds is 14. The smallest absolute Gasteiger partial charge is 0.305 e. The van der Waals surface area contributed by atoms with Crippen molar-refractivity contribution in [1.29, 1.82) is 0 Å². The first-order chi connectivity index (χ1) is 15.0. The van der Waals surface area contributed by atoms with Gasteiger partial charge in [0.05, 0.1) is 27.4 Å². The number of hydrogen-bond acceptors (Lipinski definition) is 6. The molecule has 0 saturated carbocycles. The van der Waals surface area contributed by atoms with Crippen LogP contribution in [0.3, 0.4) is 0 Å². The summed E-state index contributed by atoms with van der Waals surface area (Å²) in [5.74, 6) is 1.29. The van der Waals surface area contributed by atoms with Gasteiger partial charge in [0.15, 0.2) is 0 Å². The van der Waals surface area contributed by atoms with E-state index < -0.39 is 0 Å². The molecule has 0 bridgehead atoms. The van der Waals surface area contributed by atoms with Crippen LogP contribution in [0.4, 0.5) is 0 Å². The molecule has 0 aliphatic heterocycles. The first kappa shape index (κ1) is 27.8. The van der Waals surface area contributed by atoms with Crippen molar-refractivity contribution in [3.63, 3.8) is 0 Å². The van der Waals surface area contributed by atoms with Gasteiger partial charge < -0.3 is 18.9 Å². The Bertz CT molecular complexity index is 687. The van der Waals surface area contributed by atoms with Crippen LogP contribution in [0.25, 0.3) is 0 Å². The lowest BCUT2D eigenvalue weighted by atomic mass is 9.75. The summed E-state index contributed by atoms with van der Waals surface area (Å²) in [4.78, 5) is 23.4. The van der Waals surface area contributed by atoms with E-state index in [1.54, 1.807) is 14.2 Å². The Hall–Kier alpha value is -2.24. The average molecular weight is 451 g/mol. The standard InChI is InChI=1S/C26H42O6/c1-9-31-23(27)13-11-15-25(3,4)19-17-22(30-8)20(18-21(19)29-7)26(5,6)16-12-14-24(28)32-10-2/h17-18H,9-16H2,1-8H3.